The molecule has 0 spiro atoms. The van der Waals surface area contributed by atoms with Gasteiger partial charge in [0.1, 0.15) is 0 Å². The van der Waals surface area contributed by atoms with Gasteiger partial charge in [-0.3, -0.25) is 0 Å². The summed E-state index contributed by atoms with van der Waals surface area (Å²) in [5.74, 6) is 0. The molecule has 1 aliphatic carbocycles. The SMILES string of the molecule is C1CCCCC1.CCCC[N+](CC)(CC)CCCC. The average Bonchev–Trinajstić information content (AvgIpc) is 2.51. The van der Waals surface area contributed by atoms with Gasteiger partial charge in [-0.25, -0.2) is 0 Å². The molecule has 0 atom stereocenters. The molecule has 0 saturated heterocycles. The number of rotatable bonds is 8. The Morgan fingerprint density at radius 3 is 1.11 bits per heavy atom. The van der Waals surface area contributed by atoms with Crippen LogP contribution >= 0.6 is 0 Å². The molecule has 19 heavy (non-hydrogen) atoms. The highest BCUT2D eigenvalue weighted by atomic mass is 15.3. The number of hydrogen-bond donors (Lipinski definition) is 0. The van der Waals surface area contributed by atoms with Crippen molar-refractivity contribution in [3.63, 3.8) is 0 Å². The lowest BCUT2D eigenvalue weighted by molar-refractivity contribution is -0.925. The summed E-state index contributed by atoms with van der Waals surface area (Å²) in [6.07, 6.45) is 14.5. The smallest absolute Gasteiger partial charge is 0.0786 e. The van der Waals surface area contributed by atoms with Crippen LogP contribution in [0, 0.1) is 0 Å². The second-order valence-electron chi connectivity index (χ2n) is 6.25. The average molecular weight is 271 g/mol. The summed E-state index contributed by atoms with van der Waals surface area (Å²) in [6.45, 7) is 14.7. The van der Waals surface area contributed by atoms with E-state index in [9.17, 15) is 0 Å². The van der Waals surface area contributed by atoms with Gasteiger partial charge in [-0.15, -0.1) is 0 Å². The molecular formula is C18H40N+. The standard InChI is InChI=1S/C12H28N.C6H12/c1-5-9-11-13(7-3,8-4)12-10-6-2;1-2-4-6-5-3-1/h5-12H2,1-4H3;1-6H2/q+1;. The van der Waals surface area contributed by atoms with Crippen molar-refractivity contribution in [2.45, 2.75) is 91.9 Å². The Bertz CT molecular complexity index is 147. The highest BCUT2D eigenvalue weighted by Gasteiger charge is 2.20. The lowest BCUT2D eigenvalue weighted by Crippen LogP contribution is -2.49. The fourth-order valence-corrected chi connectivity index (χ4v) is 3.02. The molecule has 1 fully saturated rings. The number of hydrogen-bond acceptors (Lipinski definition) is 0. The molecule has 1 aliphatic rings. The predicted octanol–water partition coefficient (Wildman–Crippen LogP) is 5.78. The van der Waals surface area contributed by atoms with E-state index in [1.807, 2.05) is 0 Å². The van der Waals surface area contributed by atoms with Gasteiger partial charge in [0.25, 0.3) is 0 Å². The highest BCUT2D eigenvalue weighted by molar-refractivity contribution is 4.51. The molecular weight excluding hydrogens is 230 g/mol. The third-order valence-electron chi connectivity index (χ3n) is 4.81. The zero-order valence-electron chi connectivity index (χ0n) is 14.3. The van der Waals surface area contributed by atoms with Crippen molar-refractivity contribution in [2.24, 2.45) is 0 Å². The molecule has 0 radical (unpaired) electrons. The summed E-state index contributed by atoms with van der Waals surface area (Å²) >= 11 is 0. The van der Waals surface area contributed by atoms with Crippen molar-refractivity contribution in [1.82, 2.24) is 0 Å². The third kappa shape index (κ3) is 9.49. The van der Waals surface area contributed by atoms with Crippen molar-refractivity contribution in [3.05, 3.63) is 0 Å². The van der Waals surface area contributed by atoms with Gasteiger partial charge < -0.3 is 4.48 Å². The molecule has 0 amide bonds. The Morgan fingerprint density at radius 2 is 0.895 bits per heavy atom. The maximum absolute atomic E-state index is 2.34. The van der Waals surface area contributed by atoms with E-state index in [0.717, 1.165) is 0 Å². The summed E-state index contributed by atoms with van der Waals surface area (Å²) in [6, 6.07) is 0. The quantitative estimate of drug-likeness (QED) is 0.490. The molecule has 1 nitrogen and oxygen atoms in total. The maximum Gasteiger partial charge on any atom is 0.0786 e. The first kappa shape index (κ1) is 19.0. The monoisotopic (exact) mass is 270 g/mol. The van der Waals surface area contributed by atoms with Crippen LogP contribution in [-0.2, 0) is 0 Å². The van der Waals surface area contributed by atoms with Crippen LogP contribution in [-0.4, -0.2) is 30.7 Å². The number of unbranched alkanes of at least 4 members (excludes halogenated alkanes) is 2. The van der Waals surface area contributed by atoms with Gasteiger partial charge in [0.15, 0.2) is 0 Å². The lowest BCUT2D eigenvalue weighted by Gasteiger charge is -2.37. The Balaban J connectivity index is 0.000000443. The Morgan fingerprint density at radius 1 is 0.579 bits per heavy atom. The van der Waals surface area contributed by atoms with Crippen molar-refractivity contribution in [2.75, 3.05) is 26.2 Å². The predicted molar refractivity (Wildman–Crippen MR) is 88.6 cm³/mol. The molecule has 0 N–H and O–H groups in total. The van der Waals surface area contributed by atoms with Crippen LogP contribution in [0.5, 0.6) is 0 Å². The summed E-state index contributed by atoms with van der Waals surface area (Å²) in [5, 5.41) is 0. The minimum Gasteiger partial charge on any atom is -0.324 e. The second kappa shape index (κ2) is 13.0. The van der Waals surface area contributed by atoms with Crippen molar-refractivity contribution >= 4 is 0 Å². The van der Waals surface area contributed by atoms with E-state index in [0.29, 0.717) is 0 Å². The Hall–Kier alpha value is -0.0400. The van der Waals surface area contributed by atoms with E-state index in [4.69, 9.17) is 0 Å². The summed E-state index contributed by atoms with van der Waals surface area (Å²) in [7, 11) is 0. The van der Waals surface area contributed by atoms with Gasteiger partial charge in [-0.2, -0.15) is 0 Å². The molecule has 0 aromatic rings. The normalized spacial score (nSPS) is 15.8. The largest absolute Gasteiger partial charge is 0.324 e. The molecule has 0 bridgehead atoms. The van der Waals surface area contributed by atoms with Gasteiger partial charge in [-0.1, -0.05) is 65.2 Å². The Labute approximate surface area is 123 Å². The lowest BCUT2D eigenvalue weighted by atomic mass is 10.0. The van der Waals surface area contributed by atoms with E-state index in [1.165, 1.54) is 94.9 Å². The number of quaternary nitrogens is 1. The van der Waals surface area contributed by atoms with E-state index in [-0.39, 0.29) is 0 Å². The summed E-state index contributed by atoms with van der Waals surface area (Å²) in [4.78, 5) is 0. The maximum atomic E-state index is 2.34. The van der Waals surface area contributed by atoms with Crippen LogP contribution in [0.15, 0.2) is 0 Å². The molecule has 1 rings (SSSR count). The molecule has 1 saturated carbocycles. The van der Waals surface area contributed by atoms with E-state index >= 15 is 0 Å². The van der Waals surface area contributed by atoms with Crippen molar-refractivity contribution in [3.8, 4) is 0 Å². The second-order valence-corrected chi connectivity index (χ2v) is 6.25. The van der Waals surface area contributed by atoms with Crippen LogP contribution in [0.3, 0.4) is 0 Å². The fraction of sp³-hybridized carbons (Fsp3) is 1.00. The molecule has 0 unspecified atom stereocenters. The molecule has 0 heterocycles. The van der Waals surface area contributed by atoms with Crippen LogP contribution < -0.4 is 0 Å². The van der Waals surface area contributed by atoms with Gasteiger partial charge in [0.2, 0.25) is 0 Å². The van der Waals surface area contributed by atoms with Crippen LogP contribution in [0.25, 0.3) is 0 Å². The third-order valence-corrected chi connectivity index (χ3v) is 4.81. The minimum absolute atomic E-state index is 1.32. The topological polar surface area (TPSA) is 0 Å². The summed E-state index contributed by atoms with van der Waals surface area (Å²) in [5.41, 5.74) is 0. The number of nitrogens with zero attached hydrogens (tertiary/aromatic N) is 1. The molecule has 0 aromatic heterocycles. The first-order valence-corrected chi connectivity index (χ1v) is 9.09. The van der Waals surface area contributed by atoms with Crippen molar-refractivity contribution in [1.29, 1.82) is 0 Å². The van der Waals surface area contributed by atoms with E-state index in [2.05, 4.69) is 27.7 Å². The first-order valence-electron chi connectivity index (χ1n) is 9.09. The zero-order valence-corrected chi connectivity index (χ0v) is 14.3. The molecule has 116 valence electrons. The van der Waals surface area contributed by atoms with Crippen molar-refractivity contribution < 1.29 is 4.48 Å². The molecule has 0 aliphatic heterocycles. The first-order chi connectivity index (χ1) is 9.24. The zero-order chi connectivity index (χ0) is 14.4. The van der Waals surface area contributed by atoms with E-state index < -0.39 is 0 Å². The van der Waals surface area contributed by atoms with Gasteiger partial charge in [-0.05, 0) is 26.7 Å². The van der Waals surface area contributed by atoms with Gasteiger partial charge in [0, 0.05) is 0 Å². The highest BCUT2D eigenvalue weighted by Crippen LogP contribution is 2.15. The van der Waals surface area contributed by atoms with E-state index in [1.54, 1.807) is 0 Å². The summed E-state index contributed by atoms with van der Waals surface area (Å²) < 4.78 is 1.35. The molecule has 1 heteroatoms. The molecule has 0 aromatic carbocycles. The van der Waals surface area contributed by atoms with Crippen LogP contribution in [0.2, 0.25) is 0 Å². The Kier molecular flexibility index (Phi) is 12.9. The fourth-order valence-electron chi connectivity index (χ4n) is 3.02. The van der Waals surface area contributed by atoms with Gasteiger partial charge >= 0.3 is 0 Å². The van der Waals surface area contributed by atoms with Crippen LogP contribution in [0.1, 0.15) is 91.9 Å². The minimum atomic E-state index is 1.32. The van der Waals surface area contributed by atoms with Gasteiger partial charge in [0.05, 0.1) is 26.2 Å². The van der Waals surface area contributed by atoms with Crippen LogP contribution in [0.4, 0.5) is 0 Å².